The SMILES string of the molecule is O=C(NCCNC(=O)c1cccc(S(=O)(=O)NC2CCS(=O)(=O)C2)c1)c1ccccc1. The van der Waals surface area contributed by atoms with Crippen LogP contribution in [0, 0.1) is 0 Å². The van der Waals surface area contributed by atoms with E-state index in [0.717, 1.165) is 0 Å². The van der Waals surface area contributed by atoms with Crippen LogP contribution < -0.4 is 15.4 Å². The van der Waals surface area contributed by atoms with Gasteiger partial charge in [-0.15, -0.1) is 0 Å². The lowest BCUT2D eigenvalue weighted by atomic mass is 10.2. The highest BCUT2D eigenvalue weighted by atomic mass is 32.2. The van der Waals surface area contributed by atoms with E-state index in [4.69, 9.17) is 0 Å². The van der Waals surface area contributed by atoms with Crippen molar-refractivity contribution in [3.05, 3.63) is 65.7 Å². The van der Waals surface area contributed by atoms with E-state index in [0.29, 0.717) is 5.56 Å². The number of rotatable bonds is 8. The van der Waals surface area contributed by atoms with Crippen LogP contribution in [0.3, 0.4) is 0 Å². The zero-order valence-corrected chi connectivity index (χ0v) is 18.2. The van der Waals surface area contributed by atoms with Gasteiger partial charge in [0.15, 0.2) is 9.84 Å². The number of sulfone groups is 1. The molecule has 9 nitrogen and oxygen atoms in total. The van der Waals surface area contributed by atoms with Crippen molar-refractivity contribution < 1.29 is 26.4 Å². The summed E-state index contributed by atoms with van der Waals surface area (Å²) in [4.78, 5) is 24.2. The standard InChI is InChI=1S/C20H23N3O6S2/c24-19(15-5-2-1-3-6-15)21-10-11-22-20(25)16-7-4-8-18(13-16)31(28,29)23-17-9-12-30(26,27)14-17/h1-8,13,17,23H,9-12,14H2,(H,21,24)(H,22,25). The molecule has 0 saturated carbocycles. The molecule has 1 atom stereocenters. The van der Waals surface area contributed by atoms with E-state index in [-0.39, 0.29) is 47.4 Å². The smallest absolute Gasteiger partial charge is 0.251 e. The maximum atomic E-state index is 12.6. The summed E-state index contributed by atoms with van der Waals surface area (Å²) in [5, 5.41) is 5.30. The normalized spacial score (nSPS) is 17.7. The molecule has 0 aromatic heterocycles. The molecule has 1 unspecified atom stereocenters. The van der Waals surface area contributed by atoms with Gasteiger partial charge < -0.3 is 10.6 Å². The molecule has 31 heavy (non-hydrogen) atoms. The minimum absolute atomic E-state index is 0.0521. The van der Waals surface area contributed by atoms with Gasteiger partial charge in [-0.3, -0.25) is 9.59 Å². The number of hydrogen-bond donors (Lipinski definition) is 3. The van der Waals surface area contributed by atoms with Crippen molar-refractivity contribution in [1.29, 1.82) is 0 Å². The molecule has 1 saturated heterocycles. The monoisotopic (exact) mass is 465 g/mol. The summed E-state index contributed by atoms with van der Waals surface area (Å²) in [5.41, 5.74) is 0.644. The number of carbonyl (C=O) groups excluding carboxylic acids is 2. The van der Waals surface area contributed by atoms with Gasteiger partial charge in [0.2, 0.25) is 10.0 Å². The van der Waals surface area contributed by atoms with Gasteiger partial charge in [-0.2, -0.15) is 0 Å². The van der Waals surface area contributed by atoms with Gasteiger partial charge in [0.05, 0.1) is 16.4 Å². The van der Waals surface area contributed by atoms with Crippen molar-refractivity contribution >= 4 is 31.7 Å². The molecule has 0 bridgehead atoms. The molecule has 3 rings (SSSR count). The first-order valence-electron chi connectivity index (χ1n) is 9.60. The summed E-state index contributed by atoms with van der Waals surface area (Å²) in [6.07, 6.45) is 0.219. The van der Waals surface area contributed by atoms with Gasteiger partial charge >= 0.3 is 0 Å². The summed E-state index contributed by atoms with van der Waals surface area (Å²) in [6, 6.07) is 13.4. The Bertz CT molecular complexity index is 1160. The Morgan fingerprint density at radius 2 is 1.52 bits per heavy atom. The number of carbonyl (C=O) groups is 2. The van der Waals surface area contributed by atoms with Crippen LogP contribution in [0.5, 0.6) is 0 Å². The summed E-state index contributed by atoms with van der Waals surface area (Å²) in [6.45, 7) is 0.363. The van der Waals surface area contributed by atoms with Crippen molar-refractivity contribution in [1.82, 2.24) is 15.4 Å². The maximum absolute atomic E-state index is 12.6. The predicted molar refractivity (Wildman–Crippen MR) is 115 cm³/mol. The Kier molecular flexibility index (Phi) is 7.08. The molecule has 1 aliphatic heterocycles. The molecular formula is C20H23N3O6S2. The summed E-state index contributed by atoms with van der Waals surface area (Å²) >= 11 is 0. The third kappa shape index (κ3) is 6.36. The van der Waals surface area contributed by atoms with E-state index < -0.39 is 31.8 Å². The lowest BCUT2D eigenvalue weighted by Gasteiger charge is -2.12. The Hall–Kier alpha value is -2.76. The molecular weight excluding hydrogens is 442 g/mol. The second-order valence-electron chi connectivity index (χ2n) is 7.13. The van der Waals surface area contributed by atoms with Crippen molar-refractivity contribution in [3.8, 4) is 0 Å². The van der Waals surface area contributed by atoms with Crippen LogP contribution in [0.15, 0.2) is 59.5 Å². The molecule has 2 aromatic rings. The fraction of sp³-hybridized carbons (Fsp3) is 0.300. The van der Waals surface area contributed by atoms with Crippen LogP contribution in [-0.4, -0.2) is 59.3 Å². The largest absolute Gasteiger partial charge is 0.350 e. The van der Waals surface area contributed by atoms with Crippen LogP contribution in [0.1, 0.15) is 27.1 Å². The van der Waals surface area contributed by atoms with Crippen LogP contribution >= 0.6 is 0 Å². The van der Waals surface area contributed by atoms with Gasteiger partial charge in [-0.1, -0.05) is 24.3 Å². The average Bonchev–Trinajstić information content (AvgIpc) is 3.09. The second kappa shape index (κ2) is 9.58. The minimum Gasteiger partial charge on any atom is -0.350 e. The molecule has 1 aliphatic rings. The van der Waals surface area contributed by atoms with Gasteiger partial charge in [0.1, 0.15) is 0 Å². The van der Waals surface area contributed by atoms with E-state index in [2.05, 4.69) is 15.4 Å². The Morgan fingerprint density at radius 3 is 2.13 bits per heavy atom. The van der Waals surface area contributed by atoms with Gasteiger partial charge in [-0.05, 0) is 36.8 Å². The van der Waals surface area contributed by atoms with Crippen molar-refractivity contribution in [2.24, 2.45) is 0 Å². The average molecular weight is 466 g/mol. The molecule has 1 heterocycles. The number of nitrogens with one attached hydrogen (secondary N) is 3. The number of benzene rings is 2. The van der Waals surface area contributed by atoms with E-state index >= 15 is 0 Å². The van der Waals surface area contributed by atoms with E-state index in [1.54, 1.807) is 30.3 Å². The quantitative estimate of drug-likeness (QED) is 0.480. The Balaban J connectivity index is 1.54. The lowest BCUT2D eigenvalue weighted by Crippen LogP contribution is -2.36. The number of sulfonamides is 1. The Labute approximate surface area is 181 Å². The van der Waals surface area contributed by atoms with E-state index in [1.165, 1.54) is 24.3 Å². The molecule has 3 N–H and O–H groups in total. The summed E-state index contributed by atoms with van der Waals surface area (Å²) in [5.74, 6) is -1.04. The predicted octanol–water partition coefficient (Wildman–Crippen LogP) is 0.312. The van der Waals surface area contributed by atoms with Crippen molar-refractivity contribution in [2.75, 3.05) is 24.6 Å². The van der Waals surface area contributed by atoms with Gasteiger partial charge in [0.25, 0.3) is 11.8 Å². The molecule has 1 fully saturated rings. The second-order valence-corrected chi connectivity index (χ2v) is 11.1. The highest BCUT2D eigenvalue weighted by Gasteiger charge is 2.31. The van der Waals surface area contributed by atoms with E-state index in [1.807, 2.05) is 0 Å². The van der Waals surface area contributed by atoms with E-state index in [9.17, 15) is 26.4 Å². The third-order valence-electron chi connectivity index (χ3n) is 4.69. The molecule has 0 aliphatic carbocycles. The van der Waals surface area contributed by atoms with Crippen LogP contribution in [0.2, 0.25) is 0 Å². The maximum Gasteiger partial charge on any atom is 0.251 e. The highest BCUT2D eigenvalue weighted by molar-refractivity contribution is 7.92. The van der Waals surface area contributed by atoms with Crippen molar-refractivity contribution in [3.63, 3.8) is 0 Å². The lowest BCUT2D eigenvalue weighted by molar-refractivity contribution is 0.0927. The topological polar surface area (TPSA) is 139 Å². The number of amides is 2. The molecule has 0 spiro atoms. The van der Waals surface area contributed by atoms with Crippen LogP contribution in [0.25, 0.3) is 0 Å². The first-order chi connectivity index (χ1) is 14.7. The fourth-order valence-corrected chi connectivity index (χ4v) is 6.22. The first kappa shape index (κ1) is 22.9. The summed E-state index contributed by atoms with van der Waals surface area (Å²) < 4.78 is 50.6. The van der Waals surface area contributed by atoms with Gasteiger partial charge in [-0.25, -0.2) is 21.6 Å². The van der Waals surface area contributed by atoms with Crippen molar-refractivity contribution in [2.45, 2.75) is 17.4 Å². The minimum atomic E-state index is -3.97. The molecule has 2 amide bonds. The van der Waals surface area contributed by atoms with Crippen LogP contribution in [-0.2, 0) is 19.9 Å². The van der Waals surface area contributed by atoms with Gasteiger partial charge in [0, 0.05) is 30.3 Å². The molecule has 0 radical (unpaired) electrons. The first-order valence-corrected chi connectivity index (χ1v) is 12.9. The molecule has 2 aromatic carbocycles. The fourth-order valence-electron chi connectivity index (χ4n) is 3.13. The highest BCUT2D eigenvalue weighted by Crippen LogP contribution is 2.17. The molecule has 166 valence electrons. The van der Waals surface area contributed by atoms with Crippen LogP contribution in [0.4, 0.5) is 0 Å². The Morgan fingerprint density at radius 1 is 0.903 bits per heavy atom. The molecule has 11 heteroatoms. The number of hydrogen-bond acceptors (Lipinski definition) is 6. The third-order valence-corrected chi connectivity index (χ3v) is 7.98. The zero-order chi connectivity index (χ0) is 22.5. The zero-order valence-electron chi connectivity index (χ0n) is 16.6. The summed E-state index contributed by atoms with van der Waals surface area (Å²) in [7, 11) is -7.20.